The molecule has 0 fully saturated rings. The summed E-state index contributed by atoms with van der Waals surface area (Å²) in [4.78, 5) is 17.4. The molecule has 0 heterocycles. The number of aliphatic imine (C=N–C) groups is 1. The maximum Gasteiger partial charge on any atom is 0.246 e. The Labute approximate surface area is 201 Å². The molecule has 0 aliphatic carbocycles. The zero-order valence-electron chi connectivity index (χ0n) is 21.0. The zero-order chi connectivity index (χ0) is 23.8. The normalized spacial score (nSPS) is 12.7. The Bertz CT molecular complexity index is 902. The van der Waals surface area contributed by atoms with Crippen LogP contribution in [0, 0.1) is 0 Å². The molecule has 176 valence electrons. The first-order valence-electron chi connectivity index (χ1n) is 12.0. The predicted octanol–water partition coefficient (Wildman–Crippen LogP) is 8.97. The summed E-state index contributed by atoms with van der Waals surface area (Å²) in [5.74, 6) is 1.34. The fraction of sp³-hybridized carbons (Fsp3) is 0.536. The van der Waals surface area contributed by atoms with E-state index in [4.69, 9.17) is 14.8 Å². The van der Waals surface area contributed by atoms with E-state index < -0.39 is 0 Å². The Morgan fingerprint density at radius 3 is 2.22 bits per heavy atom. The van der Waals surface area contributed by atoms with Gasteiger partial charge in [0.05, 0.1) is 5.69 Å². The summed E-state index contributed by atoms with van der Waals surface area (Å²) in [6.07, 6.45) is 6.07. The van der Waals surface area contributed by atoms with E-state index in [0.717, 1.165) is 54.9 Å². The highest BCUT2D eigenvalue weighted by Gasteiger charge is 2.27. The van der Waals surface area contributed by atoms with Crippen LogP contribution in [0.4, 0.5) is 5.69 Å². The number of benzene rings is 2. The lowest BCUT2D eigenvalue weighted by Gasteiger charge is -2.30. The molecular formula is C28H41NO2S. The SMILES string of the molecule is CCCCCC(=Nc1ccccc1S)OOc1ccc(C(C)(C)CC)cc1C(C)(C)CC. The van der Waals surface area contributed by atoms with E-state index in [9.17, 15) is 0 Å². The van der Waals surface area contributed by atoms with Gasteiger partial charge in [0, 0.05) is 16.9 Å². The summed E-state index contributed by atoms with van der Waals surface area (Å²) in [6, 6.07) is 14.3. The van der Waals surface area contributed by atoms with Gasteiger partial charge in [-0.1, -0.05) is 85.6 Å². The van der Waals surface area contributed by atoms with Gasteiger partial charge in [0.1, 0.15) is 0 Å². The second kappa shape index (κ2) is 11.8. The van der Waals surface area contributed by atoms with Gasteiger partial charge in [0.15, 0.2) is 5.75 Å². The molecular weight excluding hydrogens is 414 g/mol. The van der Waals surface area contributed by atoms with Crippen molar-refractivity contribution in [3.63, 3.8) is 0 Å². The van der Waals surface area contributed by atoms with Crippen LogP contribution in [0.1, 0.15) is 98.1 Å². The van der Waals surface area contributed by atoms with Crippen molar-refractivity contribution in [2.24, 2.45) is 4.99 Å². The minimum Gasteiger partial charge on any atom is -0.288 e. The minimum atomic E-state index is -0.0320. The number of nitrogens with zero attached hydrogens (tertiary/aromatic N) is 1. The van der Waals surface area contributed by atoms with E-state index in [0.29, 0.717) is 5.90 Å². The maximum atomic E-state index is 5.98. The number of thiol groups is 1. The molecule has 0 aliphatic heterocycles. The van der Waals surface area contributed by atoms with Gasteiger partial charge in [0.25, 0.3) is 0 Å². The van der Waals surface area contributed by atoms with Crippen LogP contribution >= 0.6 is 12.6 Å². The van der Waals surface area contributed by atoms with Gasteiger partial charge in [-0.05, 0) is 53.9 Å². The fourth-order valence-electron chi connectivity index (χ4n) is 3.38. The highest BCUT2D eigenvalue weighted by Crippen LogP contribution is 2.38. The molecule has 0 atom stereocenters. The Balaban J connectivity index is 2.36. The first kappa shape index (κ1) is 26.3. The molecule has 32 heavy (non-hydrogen) atoms. The van der Waals surface area contributed by atoms with E-state index in [1.165, 1.54) is 11.1 Å². The third-order valence-corrected chi connectivity index (χ3v) is 6.98. The zero-order valence-corrected chi connectivity index (χ0v) is 21.9. The van der Waals surface area contributed by atoms with Crippen LogP contribution in [0.25, 0.3) is 0 Å². The summed E-state index contributed by atoms with van der Waals surface area (Å²) in [6.45, 7) is 15.7. The van der Waals surface area contributed by atoms with E-state index in [1.54, 1.807) is 0 Å². The summed E-state index contributed by atoms with van der Waals surface area (Å²) in [5.41, 5.74) is 3.36. The first-order chi connectivity index (χ1) is 15.1. The molecule has 2 rings (SSSR count). The van der Waals surface area contributed by atoms with Crippen molar-refractivity contribution in [3.8, 4) is 5.75 Å². The molecule has 0 aliphatic rings. The summed E-state index contributed by atoms with van der Waals surface area (Å²) >= 11 is 4.53. The highest BCUT2D eigenvalue weighted by atomic mass is 32.1. The van der Waals surface area contributed by atoms with Crippen LogP contribution in [0.5, 0.6) is 5.75 Å². The molecule has 0 saturated heterocycles. The van der Waals surface area contributed by atoms with E-state index in [1.807, 2.05) is 24.3 Å². The van der Waals surface area contributed by atoms with Crippen LogP contribution in [-0.2, 0) is 15.7 Å². The monoisotopic (exact) mass is 455 g/mol. The van der Waals surface area contributed by atoms with Crippen molar-refractivity contribution >= 4 is 24.2 Å². The Morgan fingerprint density at radius 2 is 1.59 bits per heavy atom. The van der Waals surface area contributed by atoms with Crippen LogP contribution in [0.2, 0.25) is 0 Å². The van der Waals surface area contributed by atoms with Gasteiger partial charge in [-0.3, -0.25) is 9.78 Å². The summed E-state index contributed by atoms with van der Waals surface area (Å²) in [5, 5.41) is 0. The third-order valence-electron chi connectivity index (χ3n) is 6.61. The van der Waals surface area contributed by atoms with Gasteiger partial charge in [0.2, 0.25) is 5.90 Å². The number of unbranched alkanes of at least 4 members (excludes halogenated alkanes) is 2. The predicted molar refractivity (Wildman–Crippen MR) is 140 cm³/mol. The van der Waals surface area contributed by atoms with Crippen LogP contribution in [-0.4, -0.2) is 5.90 Å². The molecule has 0 aromatic heterocycles. The maximum absolute atomic E-state index is 5.98. The third kappa shape index (κ3) is 7.03. The van der Waals surface area contributed by atoms with Crippen molar-refractivity contribution in [2.45, 2.75) is 103 Å². The second-order valence-electron chi connectivity index (χ2n) is 9.80. The quantitative estimate of drug-likeness (QED) is 0.0915. The lowest BCUT2D eigenvalue weighted by molar-refractivity contribution is -0.120. The molecule has 0 saturated carbocycles. The van der Waals surface area contributed by atoms with Gasteiger partial charge < -0.3 is 0 Å². The largest absolute Gasteiger partial charge is 0.288 e. The highest BCUT2D eigenvalue weighted by molar-refractivity contribution is 7.80. The molecule has 0 bridgehead atoms. The Hall–Kier alpha value is -1.94. The number of para-hydroxylation sites is 1. The average Bonchev–Trinajstić information content (AvgIpc) is 2.78. The van der Waals surface area contributed by atoms with Gasteiger partial charge in [-0.15, -0.1) is 12.6 Å². The summed E-state index contributed by atoms with van der Waals surface area (Å²) < 4.78 is 0. The molecule has 0 unspecified atom stereocenters. The number of rotatable bonds is 11. The lowest BCUT2D eigenvalue weighted by Crippen LogP contribution is -2.21. The molecule has 0 radical (unpaired) electrons. The number of hydrogen-bond donors (Lipinski definition) is 1. The lowest BCUT2D eigenvalue weighted by atomic mass is 9.76. The van der Waals surface area contributed by atoms with E-state index in [-0.39, 0.29) is 10.8 Å². The van der Waals surface area contributed by atoms with Gasteiger partial charge in [-0.25, -0.2) is 4.99 Å². The molecule has 3 nitrogen and oxygen atoms in total. The molecule has 0 N–H and O–H groups in total. The van der Waals surface area contributed by atoms with Crippen LogP contribution in [0.3, 0.4) is 0 Å². The van der Waals surface area contributed by atoms with Crippen molar-refractivity contribution in [1.82, 2.24) is 0 Å². The smallest absolute Gasteiger partial charge is 0.246 e. The van der Waals surface area contributed by atoms with E-state index >= 15 is 0 Å². The fourth-order valence-corrected chi connectivity index (χ4v) is 3.59. The van der Waals surface area contributed by atoms with Crippen molar-refractivity contribution in [2.75, 3.05) is 0 Å². The average molecular weight is 456 g/mol. The molecule has 2 aromatic rings. The Morgan fingerprint density at radius 1 is 0.906 bits per heavy atom. The van der Waals surface area contributed by atoms with Crippen molar-refractivity contribution in [1.29, 1.82) is 0 Å². The summed E-state index contributed by atoms with van der Waals surface area (Å²) in [7, 11) is 0. The molecule has 0 amide bonds. The van der Waals surface area contributed by atoms with Crippen LogP contribution in [0.15, 0.2) is 52.4 Å². The molecule has 2 aromatic carbocycles. The van der Waals surface area contributed by atoms with Gasteiger partial charge >= 0.3 is 0 Å². The molecule has 0 spiro atoms. The van der Waals surface area contributed by atoms with Crippen molar-refractivity contribution in [3.05, 3.63) is 53.6 Å². The minimum absolute atomic E-state index is 0.0320. The Kier molecular flexibility index (Phi) is 9.69. The van der Waals surface area contributed by atoms with Gasteiger partial charge in [-0.2, -0.15) is 0 Å². The standard InChI is InChI=1S/C28H41NO2S/c1-8-11-12-17-26(29-23-15-13-14-16-25(23)32)31-30-24-19-18-21(27(4,5)9-2)20-22(24)28(6,7)10-3/h13-16,18-20,32H,8-12,17H2,1-7H3. The molecule has 4 heteroatoms. The second-order valence-corrected chi connectivity index (χ2v) is 10.3. The van der Waals surface area contributed by atoms with Crippen LogP contribution < -0.4 is 4.89 Å². The first-order valence-corrected chi connectivity index (χ1v) is 12.4. The van der Waals surface area contributed by atoms with E-state index in [2.05, 4.69) is 79.3 Å². The van der Waals surface area contributed by atoms with Crippen molar-refractivity contribution < 1.29 is 9.78 Å². The number of hydrogen-bond acceptors (Lipinski definition) is 4. The topological polar surface area (TPSA) is 30.8 Å².